The van der Waals surface area contributed by atoms with Gasteiger partial charge in [0, 0.05) is 17.8 Å². The number of nitrogens with zero attached hydrogens (tertiary/aromatic N) is 3. The highest BCUT2D eigenvalue weighted by Crippen LogP contribution is 2.18. The smallest absolute Gasteiger partial charge is 0.0967 e. The first-order chi connectivity index (χ1) is 6.81. The minimum Gasteiger partial charge on any atom is -0.326 e. The third-order valence-corrected chi connectivity index (χ3v) is 2.05. The lowest BCUT2D eigenvalue weighted by Gasteiger charge is -1.99. The van der Waals surface area contributed by atoms with Crippen LogP contribution in [-0.4, -0.2) is 20.4 Å². The number of aryl methyl sites for hydroxylation is 1. The largest absolute Gasteiger partial charge is 0.326 e. The van der Waals surface area contributed by atoms with Crippen LogP contribution in [0.1, 0.15) is 11.3 Å². The van der Waals surface area contributed by atoms with Gasteiger partial charge in [0.05, 0.1) is 18.1 Å². The van der Waals surface area contributed by atoms with Crippen molar-refractivity contribution in [3.05, 3.63) is 29.7 Å². The fourth-order valence-corrected chi connectivity index (χ4v) is 1.26. The van der Waals surface area contributed by atoms with Crippen LogP contribution >= 0.6 is 0 Å². The molecule has 3 N–H and O–H groups in total. The van der Waals surface area contributed by atoms with Crippen molar-refractivity contribution >= 4 is 0 Å². The quantitative estimate of drug-likeness (QED) is 0.726. The summed E-state index contributed by atoms with van der Waals surface area (Å²) < 4.78 is 0. The van der Waals surface area contributed by atoms with Gasteiger partial charge >= 0.3 is 0 Å². The maximum absolute atomic E-state index is 5.52. The molecule has 0 saturated heterocycles. The van der Waals surface area contributed by atoms with E-state index in [0.29, 0.717) is 6.54 Å². The third kappa shape index (κ3) is 1.49. The highest BCUT2D eigenvalue weighted by molar-refractivity contribution is 5.60. The standard InChI is InChI=1S/C9H11N5/c1-6-8(5-12-13-6)9-2-7(3-10)4-11-14-9/h2,4-5H,3,10H2,1H3,(H,12,13). The van der Waals surface area contributed by atoms with Gasteiger partial charge < -0.3 is 5.73 Å². The molecule has 2 rings (SSSR count). The van der Waals surface area contributed by atoms with Crippen molar-refractivity contribution in [3.63, 3.8) is 0 Å². The molecule has 0 aliphatic carbocycles. The highest BCUT2D eigenvalue weighted by atomic mass is 15.1. The van der Waals surface area contributed by atoms with E-state index in [4.69, 9.17) is 5.73 Å². The molecule has 2 heterocycles. The summed E-state index contributed by atoms with van der Waals surface area (Å²) in [4.78, 5) is 0. The van der Waals surface area contributed by atoms with E-state index in [2.05, 4.69) is 20.4 Å². The molecule has 5 nitrogen and oxygen atoms in total. The van der Waals surface area contributed by atoms with E-state index < -0.39 is 0 Å². The van der Waals surface area contributed by atoms with Crippen molar-refractivity contribution < 1.29 is 0 Å². The number of nitrogens with two attached hydrogens (primary N) is 1. The van der Waals surface area contributed by atoms with Crippen LogP contribution in [0.5, 0.6) is 0 Å². The second kappa shape index (κ2) is 3.55. The van der Waals surface area contributed by atoms with Crippen LogP contribution in [0.25, 0.3) is 11.3 Å². The molecular weight excluding hydrogens is 178 g/mol. The lowest BCUT2D eigenvalue weighted by atomic mass is 10.1. The van der Waals surface area contributed by atoms with Gasteiger partial charge in [-0.05, 0) is 18.6 Å². The average molecular weight is 189 g/mol. The van der Waals surface area contributed by atoms with Gasteiger partial charge in [0.15, 0.2) is 0 Å². The molecule has 5 heteroatoms. The van der Waals surface area contributed by atoms with Crippen LogP contribution in [0.15, 0.2) is 18.5 Å². The van der Waals surface area contributed by atoms with Crippen LogP contribution in [-0.2, 0) is 6.54 Å². The summed E-state index contributed by atoms with van der Waals surface area (Å²) in [5, 5.41) is 14.7. The average Bonchev–Trinajstić information content (AvgIpc) is 2.65. The molecule has 0 aliphatic heterocycles. The summed E-state index contributed by atoms with van der Waals surface area (Å²) in [5.41, 5.74) is 9.24. The fraction of sp³-hybridized carbons (Fsp3) is 0.222. The molecule has 0 saturated carbocycles. The molecule has 0 unspecified atom stereocenters. The molecule has 0 atom stereocenters. The number of hydrogen-bond acceptors (Lipinski definition) is 4. The van der Waals surface area contributed by atoms with E-state index in [1.165, 1.54) is 0 Å². The highest BCUT2D eigenvalue weighted by Gasteiger charge is 2.05. The Hall–Kier alpha value is -1.75. The number of rotatable bonds is 2. The van der Waals surface area contributed by atoms with Crippen molar-refractivity contribution in [1.82, 2.24) is 20.4 Å². The second-order valence-electron chi connectivity index (χ2n) is 3.06. The molecule has 14 heavy (non-hydrogen) atoms. The van der Waals surface area contributed by atoms with E-state index in [9.17, 15) is 0 Å². The van der Waals surface area contributed by atoms with Crippen LogP contribution in [0.3, 0.4) is 0 Å². The number of H-pyrrole nitrogens is 1. The molecule has 2 aromatic heterocycles. The predicted octanol–water partition coefficient (Wildman–Crippen LogP) is 0.634. The minimum atomic E-state index is 0.472. The Morgan fingerprint density at radius 3 is 2.93 bits per heavy atom. The Kier molecular flexibility index (Phi) is 2.24. The summed E-state index contributed by atoms with van der Waals surface area (Å²) in [7, 11) is 0. The molecule has 72 valence electrons. The topological polar surface area (TPSA) is 80.5 Å². The zero-order valence-electron chi connectivity index (χ0n) is 7.86. The van der Waals surface area contributed by atoms with Crippen molar-refractivity contribution in [3.8, 4) is 11.3 Å². The zero-order valence-corrected chi connectivity index (χ0v) is 7.86. The van der Waals surface area contributed by atoms with Crippen LogP contribution < -0.4 is 5.73 Å². The SMILES string of the molecule is Cc1[nH]ncc1-c1cc(CN)cnn1. The molecule has 0 aliphatic rings. The Balaban J connectivity index is 2.47. The summed E-state index contributed by atoms with van der Waals surface area (Å²) in [5.74, 6) is 0. The van der Waals surface area contributed by atoms with E-state index in [1.54, 1.807) is 12.4 Å². The first-order valence-corrected chi connectivity index (χ1v) is 4.33. The van der Waals surface area contributed by atoms with Gasteiger partial charge in [0.2, 0.25) is 0 Å². The van der Waals surface area contributed by atoms with E-state index >= 15 is 0 Å². The Morgan fingerprint density at radius 2 is 2.29 bits per heavy atom. The van der Waals surface area contributed by atoms with Crippen molar-refractivity contribution in [2.45, 2.75) is 13.5 Å². The van der Waals surface area contributed by atoms with Gasteiger partial charge in [-0.2, -0.15) is 15.3 Å². The number of hydrogen-bond donors (Lipinski definition) is 2. The van der Waals surface area contributed by atoms with Gasteiger partial charge in [-0.25, -0.2) is 0 Å². The summed E-state index contributed by atoms with van der Waals surface area (Å²) in [6, 6.07) is 1.92. The van der Waals surface area contributed by atoms with Gasteiger partial charge in [-0.15, -0.1) is 0 Å². The fourth-order valence-electron chi connectivity index (χ4n) is 1.26. The van der Waals surface area contributed by atoms with Gasteiger partial charge in [0.25, 0.3) is 0 Å². The van der Waals surface area contributed by atoms with Crippen LogP contribution in [0, 0.1) is 6.92 Å². The lowest BCUT2D eigenvalue weighted by molar-refractivity contribution is 0.970. The monoisotopic (exact) mass is 189 g/mol. The van der Waals surface area contributed by atoms with E-state index in [1.807, 2.05) is 13.0 Å². The van der Waals surface area contributed by atoms with E-state index in [-0.39, 0.29) is 0 Å². The van der Waals surface area contributed by atoms with Crippen LogP contribution in [0.2, 0.25) is 0 Å². The third-order valence-electron chi connectivity index (χ3n) is 2.05. The van der Waals surface area contributed by atoms with Crippen molar-refractivity contribution in [2.75, 3.05) is 0 Å². The maximum atomic E-state index is 5.52. The van der Waals surface area contributed by atoms with Crippen molar-refractivity contribution in [2.24, 2.45) is 5.73 Å². The Bertz CT molecular complexity index is 434. The number of aromatic amines is 1. The summed E-state index contributed by atoms with van der Waals surface area (Å²) in [6.07, 6.45) is 3.40. The Morgan fingerprint density at radius 1 is 1.43 bits per heavy atom. The van der Waals surface area contributed by atoms with Gasteiger partial charge in [0.1, 0.15) is 0 Å². The molecule has 2 aromatic rings. The minimum absolute atomic E-state index is 0.472. The van der Waals surface area contributed by atoms with E-state index in [0.717, 1.165) is 22.5 Å². The van der Waals surface area contributed by atoms with Gasteiger partial charge in [-0.3, -0.25) is 5.10 Å². The first-order valence-electron chi connectivity index (χ1n) is 4.33. The molecule has 0 amide bonds. The molecule has 0 fully saturated rings. The Labute approximate surface area is 81.4 Å². The first kappa shape index (κ1) is 8.83. The zero-order chi connectivity index (χ0) is 9.97. The summed E-state index contributed by atoms with van der Waals surface area (Å²) in [6.45, 7) is 2.42. The maximum Gasteiger partial charge on any atom is 0.0967 e. The molecule has 0 radical (unpaired) electrons. The number of aromatic nitrogens is 4. The molecular formula is C9H11N5. The normalized spacial score (nSPS) is 10.4. The molecule has 0 aromatic carbocycles. The second-order valence-corrected chi connectivity index (χ2v) is 3.06. The van der Waals surface area contributed by atoms with Gasteiger partial charge in [-0.1, -0.05) is 0 Å². The lowest BCUT2D eigenvalue weighted by Crippen LogP contribution is -1.99. The van der Waals surface area contributed by atoms with Crippen molar-refractivity contribution in [1.29, 1.82) is 0 Å². The summed E-state index contributed by atoms with van der Waals surface area (Å²) >= 11 is 0. The predicted molar refractivity (Wildman–Crippen MR) is 52.2 cm³/mol. The van der Waals surface area contributed by atoms with Crippen LogP contribution in [0.4, 0.5) is 0 Å². The molecule has 0 spiro atoms. The number of nitrogens with one attached hydrogen (secondary N) is 1. The molecule has 0 bridgehead atoms.